The van der Waals surface area contributed by atoms with Crippen molar-refractivity contribution in [2.45, 2.75) is 60.0 Å². The van der Waals surface area contributed by atoms with Crippen LogP contribution in [0.2, 0.25) is 0 Å². The standard InChI is InChI=1S/C18H31FN2/c1-7-11-20-15(6)18-16(19)9-8-10-17(18)21(14(4)5)12-13(2)3/h8-10,13-15,20H,7,11-12H2,1-6H3. The van der Waals surface area contributed by atoms with Crippen LogP contribution in [0.15, 0.2) is 18.2 Å². The summed E-state index contributed by atoms with van der Waals surface area (Å²) in [5.74, 6) is 0.431. The van der Waals surface area contributed by atoms with E-state index >= 15 is 0 Å². The van der Waals surface area contributed by atoms with Gasteiger partial charge in [-0.1, -0.05) is 26.8 Å². The Kier molecular flexibility index (Phi) is 7.16. The largest absolute Gasteiger partial charge is 0.368 e. The van der Waals surface area contributed by atoms with Crippen molar-refractivity contribution in [2.75, 3.05) is 18.0 Å². The van der Waals surface area contributed by atoms with Crippen molar-refractivity contribution in [3.05, 3.63) is 29.6 Å². The fraction of sp³-hybridized carbons (Fsp3) is 0.667. The monoisotopic (exact) mass is 294 g/mol. The molecule has 1 aromatic rings. The average Bonchev–Trinajstić information content (AvgIpc) is 2.41. The first-order valence-corrected chi connectivity index (χ1v) is 8.16. The van der Waals surface area contributed by atoms with Crippen LogP contribution >= 0.6 is 0 Å². The number of hydrogen-bond acceptors (Lipinski definition) is 2. The first kappa shape index (κ1) is 18.0. The third-order valence-corrected chi connectivity index (χ3v) is 3.66. The Morgan fingerprint density at radius 3 is 2.33 bits per heavy atom. The minimum Gasteiger partial charge on any atom is -0.368 e. The van der Waals surface area contributed by atoms with E-state index < -0.39 is 0 Å². The first-order valence-electron chi connectivity index (χ1n) is 8.16. The molecule has 21 heavy (non-hydrogen) atoms. The molecule has 0 amide bonds. The molecular formula is C18H31FN2. The summed E-state index contributed by atoms with van der Waals surface area (Å²) in [7, 11) is 0. The Morgan fingerprint density at radius 2 is 1.81 bits per heavy atom. The molecule has 0 aliphatic rings. The van der Waals surface area contributed by atoms with Crippen LogP contribution < -0.4 is 10.2 Å². The van der Waals surface area contributed by atoms with Gasteiger partial charge in [0.1, 0.15) is 5.82 Å². The van der Waals surface area contributed by atoms with Crippen LogP contribution in [-0.4, -0.2) is 19.1 Å². The van der Waals surface area contributed by atoms with Gasteiger partial charge in [-0.25, -0.2) is 4.39 Å². The smallest absolute Gasteiger partial charge is 0.130 e. The van der Waals surface area contributed by atoms with Crippen LogP contribution in [-0.2, 0) is 0 Å². The van der Waals surface area contributed by atoms with Crippen molar-refractivity contribution < 1.29 is 4.39 Å². The summed E-state index contributed by atoms with van der Waals surface area (Å²) in [5, 5.41) is 3.41. The van der Waals surface area contributed by atoms with Gasteiger partial charge >= 0.3 is 0 Å². The molecule has 1 N–H and O–H groups in total. The lowest BCUT2D eigenvalue weighted by molar-refractivity contribution is 0.517. The van der Waals surface area contributed by atoms with Gasteiger partial charge < -0.3 is 10.2 Å². The molecular weight excluding hydrogens is 263 g/mol. The van der Waals surface area contributed by atoms with Crippen LogP contribution in [0.5, 0.6) is 0 Å². The molecule has 3 heteroatoms. The Hall–Kier alpha value is -1.09. The molecule has 0 heterocycles. The number of nitrogens with one attached hydrogen (secondary N) is 1. The normalized spacial score (nSPS) is 13.0. The predicted octanol–water partition coefficient (Wildman–Crippen LogP) is 4.76. The molecule has 0 fully saturated rings. The van der Waals surface area contributed by atoms with Crippen molar-refractivity contribution >= 4 is 5.69 Å². The summed E-state index contributed by atoms with van der Waals surface area (Å²) in [6, 6.07) is 5.80. The van der Waals surface area contributed by atoms with Crippen LogP contribution in [0.4, 0.5) is 10.1 Å². The third-order valence-electron chi connectivity index (χ3n) is 3.66. The second-order valence-electron chi connectivity index (χ2n) is 6.49. The molecule has 0 spiro atoms. The van der Waals surface area contributed by atoms with Gasteiger partial charge in [-0.05, 0) is 51.8 Å². The molecule has 2 nitrogen and oxygen atoms in total. The van der Waals surface area contributed by atoms with Crippen molar-refractivity contribution in [1.29, 1.82) is 0 Å². The highest BCUT2D eigenvalue weighted by molar-refractivity contribution is 5.56. The zero-order chi connectivity index (χ0) is 16.0. The fourth-order valence-electron chi connectivity index (χ4n) is 2.65. The Morgan fingerprint density at radius 1 is 1.14 bits per heavy atom. The summed E-state index contributed by atoms with van der Waals surface area (Å²) in [6.45, 7) is 14.8. The van der Waals surface area contributed by atoms with Gasteiger partial charge in [0.15, 0.2) is 0 Å². The van der Waals surface area contributed by atoms with Crippen LogP contribution in [0.25, 0.3) is 0 Å². The van der Waals surface area contributed by atoms with Crippen LogP contribution in [0, 0.1) is 11.7 Å². The lowest BCUT2D eigenvalue weighted by Gasteiger charge is -2.34. The van der Waals surface area contributed by atoms with E-state index in [1.165, 1.54) is 0 Å². The SMILES string of the molecule is CCCNC(C)c1c(F)cccc1N(CC(C)C)C(C)C. The lowest BCUT2D eigenvalue weighted by Crippen LogP contribution is -2.36. The summed E-state index contributed by atoms with van der Waals surface area (Å²) < 4.78 is 14.4. The van der Waals surface area contributed by atoms with Crippen LogP contribution in [0.1, 0.15) is 59.6 Å². The molecule has 0 saturated heterocycles. The summed E-state index contributed by atoms with van der Waals surface area (Å²) >= 11 is 0. The Balaban J connectivity index is 3.17. The van der Waals surface area contributed by atoms with Gasteiger partial charge in [0.2, 0.25) is 0 Å². The van der Waals surface area contributed by atoms with E-state index in [-0.39, 0.29) is 11.9 Å². The number of rotatable bonds is 8. The van der Waals surface area contributed by atoms with Gasteiger partial charge in [-0.2, -0.15) is 0 Å². The zero-order valence-corrected chi connectivity index (χ0v) is 14.4. The topological polar surface area (TPSA) is 15.3 Å². The van der Waals surface area contributed by atoms with Gasteiger partial charge in [-0.3, -0.25) is 0 Å². The molecule has 1 aromatic carbocycles. The second-order valence-corrected chi connectivity index (χ2v) is 6.49. The Labute approximate surface area is 129 Å². The molecule has 0 saturated carbocycles. The van der Waals surface area contributed by atoms with Crippen molar-refractivity contribution in [3.8, 4) is 0 Å². The maximum absolute atomic E-state index is 14.4. The summed E-state index contributed by atoms with van der Waals surface area (Å²) in [6.07, 6.45) is 1.05. The van der Waals surface area contributed by atoms with Gasteiger partial charge in [0.25, 0.3) is 0 Å². The maximum atomic E-state index is 14.4. The molecule has 120 valence electrons. The molecule has 0 bridgehead atoms. The summed E-state index contributed by atoms with van der Waals surface area (Å²) in [5.41, 5.74) is 1.81. The molecule has 0 radical (unpaired) electrons. The summed E-state index contributed by atoms with van der Waals surface area (Å²) in [4.78, 5) is 2.31. The van der Waals surface area contributed by atoms with E-state index in [2.05, 4.69) is 44.8 Å². The van der Waals surface area contributed by atoms with E-state index in [0.29, 0.717) is 12.0 Å². The fourth-order valence-corrected chi connectivity index (χ4v) is 2.65. The maximum Gasteiger partial charge on any atom is 0.130 e. The second kappa shape index (κ2) is 8.38. The van der Waals surface area contributed by atoms with Crippen molar-refractivity contribution in [2.24, 2.45) is 5.92 Å². The van der Waals surface area contributed by atoms with E-state index in [0.717, 1.165) is 30.8 Å². The Bertz CT molecular complexity index is 429. The highest BCUT2D eigenvalue weighted by Gasteiger charge is 2.21. The van der Waals surface area contributed by atoms with Gasteiger partial charge in [-0.15, -0.1) is 0 Å². The number of hydrogen-bond donors (Lipinski definition) is 1. The van der Waals surface area contributed by atoms with E-state index in [4.69, 9.17) is 0 Å². The predicted molar refractivity (Wildman–Crippen MR) is 90.4 cm³/mol. The molecule has 1 unspecified atom stereocenters. The van der Waals surface area contributed by atoms with E-state index in [9.17, 15) is 4.39 Å². The number of anilines is 1. The molecule has 1 atom stereocenters. The minimum atomic E-state index is -0.113. The zero-order valence-electron chi connectivity index (χ0n) is 14.4. The molecule has 0 aliphatic heterocycles. The van der Waals surface area contributed by atoms with Crippen molar-refractivity contribution in [3.63, 3.8) is 0 Å². The quantitative estimate of drug-likeness (QED) is 0.744. The van der Waals surface area contributed by atoms with E-state index in [1.54, 1.807) is 6.07 Å². The molecule has 1 rings (SSSR count). The average molecular weight is 294 g/mol. The molecule has 0 aliphatic carbocycles. The molecule has 0 aromatic heterocycles. The number of nitrogens with zero attached hydrogens (tertiary/aromatic N) is 1. The highest BCUT2D eigenvalue weighted by atomic mass is 19.1. The lowest BCUT2D eigenvalue weighted by atomic mass is 10.0. The van der Waals surface area contributed by atoms with Crippen molar-refractivity contribution in [1.82, 2.24) is 5.32 Å². The van der Waals surface area contributed by atoms with Gasteiger partial charge in [0, 0.05) is 29.9 Å². The first-order chi connectivity index (χ1) is 9.88. The minimum absolute atomic E-state index is 0.0227. The highest BCUT2D eigenvalue weighted by Crippen LogP contribution is 2.31. The number of halogens is 1. The number of benzene rings is 1. The van der Waals surface area contributed by atoms with Gasteiger partial charge in [0.05, 0.1) is 0 Å². The third kappa shape index (κ3) is 4.99. The van der Waals surface area contributed by atoms with E-state index in [1.807, 2.05) is 19.1 Å². The van der Waals surface area contributed by atoms with Crippen LogP contribution in [0.3, 0.4) is 0 Å².